The van der Waals surface area contributed by atoms with E-state index in [9.17, 15) is 10.1 Å². The van der Waals surface area contributed by atoms with Crippen molar-refractivity contribution in [2.75, 3.05) is 12.4 Å². The van der Waals surface area contributed by atoms with Crippen molar-refractivity contribution in [2.45, 2.75) is 10.1 Å². The third-order valence-electron chi connectivity index (χ3n) is 2.16. The third-order valence-corrected chi connectivity index (χ3v) is 4.28. The number of benzene rings is 1. The molecular weight excluding hydrogens is 272 g/mol. The molecule has 0 aliphatic carbocycles. The zero-order valence-electron chi connectivity index (χ0n) is 9.49. The van der Waals surface area contributed by atoms with Crippen LogP contribution in [0.1, 0.15) is 5.56 Å². The quantitative estimate of drug-likeness (QED) is 0.516. The number of thioether (sulfide) groups is 1. The fourth-order valence-corrected chi connectivity index (χ4v) is 3.02. The Bertz CT molecular complexity index is 558. The molecule has 0 atom stereocenters. The minimum absolute atomic E-state index is 0.142. The van der Waals surface area contributed by atoms with Crippen LogP contribution in [0, 0.1) is 10.1 Å². The minimum Gasteiger partial charge on any atom is -0.363 e. The van der Waals surface area contributed by atoms with Gasteiger partial charge in [-0.1, -0.05) is 41.3 Å². The van der Waals surface area contributed by atoms with Crippen molar-refractivity contribution >= 4 is 33.9 Å². The van der Waals surface area contributed by atoms with E-state index in [1.807, 2.05) is 0 Å². The molecule has 1 aromatic carbocycles. The summed E-state index contributed by atoms with van der Waals surface area (Å²) >= 11 is 2.87. The first-order valence-corrected chi connectivity index (χ1v) is 6.87. The number of nitrogens with one attached hydrogen (secondary N) is 1. The molecule has 0 spiro atoms. The van der Waals surface area contributed by atoms with E-state index in [2.05, 4.69) is 15.5 Å². The molecule has 1 aromatic heterocycles. The highest BCUT2D eigenvalue weighted by atomic mass is 32.2. The number of hydrogen-bond donors (Lipinski definition) is 1. The average molecular weight is 282 g/mol. The second-order valence-electron chi connectivity index (χ2n) is 3.30. The molecule has 1 N–H and O–H groups in total. The summed E-state index contributed by atoms with van der Waals surface area (Å²) in [5.74, 6) is 0.509. The van der Waals surface area contributed by atoms with Crippen LogP contribution in [0.2, 0.25) is 0 Å². The molecule has 0 radical (unpaired) electrons. The number of hydrogen-bond acceptors (Lipinski definition) is 7. The van der Waals surface area contributed by atoms with Gasteiger partial charge in [-0.2, -0.15) is 0 Å². The van der Waals surface area contributed by atoms with Crippen molar-refractivity contribution in [3.8, 4) is 0 Å². The maximum absolute atomic E-state index is 10.8. The van der Waals surface area contributed by atoms with Gasteiger partial charge in [-0.15, -0.1) is 10.2 Å². The molecule has 2 aromatic rings. The van der Waals surface area contributed by atoms with Gasteiger partial charge in [-0.05, 0) is 0 Å². The Morgan fingerprint density at radius 3 is 2.89 bits per heavy atom. The fraction of sp³-hybridized carbons (Fsp3) is 0.200. The summed E-state index contributed by atoms with van der Waals surface area (Å²) in [5, 5.41) is 22.4. The van der Waals surface area contributed by atoms with Crippen LogP contribution in [-0.4, -0.2) is 22.2 Å². The molecule has 0 bridgehead atoms. The molecule has 0 fully saturated rings. The van der Waals surface area contributed by atoms with Gasteiger partial charge in [-0.3, -0.25) is 10.1 Å². The van der Waals surface area contributed by atoms with E-state index in [4.69, 9.17) is 0 Å². The van der Waals surface area contributed by atoms with Crippen LogP contribution < -0.4 is 5.32 Å². The summed E-state index contributed by atoms with van der Waals surface area (Å²) in [6, 6.07) is 6.72. The SMILES string of the molecule is CNc1nnc(SCc2ccccc2[N+](=O)[O-])s1. The molecule has 0 amide bonds. The third kappa shape index (κ3) is 2.96. The van der Waals surface area contributed by atoms with E-state index in [1.54, 1.807) is 25.2 Å². The van der Waals surface area contributed by atoms with Crippen LogP contribution in [0.5, 0.6) is 0 Å². The van der Waals surface area contributed by atoms with Gasteiger partial charge in [0, 0.05) is 24.4 Å². The fourth-order valence-electron chi connectivity index (χ4n) is 1.32. The van der Waals surface area contributed by atoms with Crippen LogP contribution >= 0.6 is 23.1 Å². The van der Waals surface area contributed by atoms with E-state index in [1.165, 1.54) is 29.2 Å². The first kappa shape index (κ1) is 12.8. The van der Waals surface area contributed by atoms with Crippen molar-refractivity contribution in [3.05, 3.63) is 39.9 Å². The molecule has 0 unspecified atom stereocenters. The predicted molar refractivity (Wildman–Crippen MR) is 72.1 cm³/mol. The highest BCUT2D eigenvalue weighted by Crippen LogP contribution is 2.30. The molecule has 0 aliphatic rings. The van der Waals surface area contributed by atoms with Crippen LogP contribution in [0.15, 0.2) is 28.6 Å². The van der Waals surface area contributed by atoms with Gasteiger partial charge in [0.25, 0.3) is 5.69 Å². The van der Waals surface area contributed by atoms with E-state index >= 15 is 0 Å². The number of rotatable bonds is 5. The normalized spacial score (nSPS) is 10.3. The lowest BCUT2D eigenvalue weighted by Gasteiger charge is -2.00. The van der Waals surface area contributed by atoms with Gasteiger partial charge in [0.15, 0.2) is 4.34 Å². The number of aromatic nitrogens is 2. The highest BCUT2D eigenvalue weighted by molar-refractivity contribution is 8.00. The smallest absolute Gasteiger partial charge is 0.273 e. The standard InChI is InChI=1S/C10H10N4O2S2/c1-11-9-12-13-10(18-9)17-6-7-4-2-3-5-8(7)14(15)16/h2-5H,6H2,1H3,(H,11,12). The monoisotopic (exact) mass is 282 g/mol. The molecule has 0 saturated carbocycles. The van der Waals surface area contributed by atoms with Crippen LogP contribution in [0.3, 0.4) is 0 Å². The Morgan fingerprint density at radius 2 is 2.22 bits per heavy atom. The molecule has 1 heterocycles. The summed E-state index contributed by atoms with van der Waals surface area (Å²) < 4.78 is 0.789. The summed E-state index contributed by atoms with van der Waals surface area (Å²) in [6.45, 7) is 0. The maximum atomic E-state index is 10.8. The second kappa shape index (κ2) is 5.78. The Balaban J connectivity index is 2.08. The number of nitro groups is 1. The minimum atomic E-state index is -0.366. The Morgan fingerprint density at radius 1 is 1.44 bits per heavy atom. The first-order valence-electron chi connectivity index (χ1n) is 5.07. The summed E-state index contributed by atoms with van der Waals surface area (Å²) in [7, 11) is 1.77. The van der Waals surface area contributed by atoms with Gasteiger partial charge < -0.3 is 5.32 Å². The van der Waals surface area contributed by atoms with Gasteiger partial charge in [0.05, 0.1) is 4.92 Å². The molecular formula is C10H10N4O2S2. The second-order valence-corrected chi connectivity index (χ2v) is 5.50. The lowest BCUT2D eigenvalue weighted by atomic mass is 10.2. The zero-order valence-corrected chi connectivity index (χ0v) is 11.1. The molecule has 0 aliphatic heterocycles. The Kier molecular flexibility index (Phi) is 4.11. The number of nitro benzene ring substituents is 1. The van der Waals surface area contributed by atoms with Crippen LogP contribution in [0.25, 0.3) is 0 Å². The van der Waals surface area contributed by atoms with Crippen molar-refractivity contribution in [2.24, 2.45) is 0 Å². The van der Waals surface area contributed by atoms with E-state index in [-0.39, 0.29) is 10.6 Å². The maximum Gasteiger partial charge on any atom is 0.273 e. The van der Waals surface area contributed by atoms with Gasteiger partial charge in [-0.25, -0.2) is 0 Å². The van der Waals surface area contributed by atoms with Crippen molar-refractivity contribution < 1.29 is 4.92 Å². The molecule has 6 nitrogen and oxygen atoms in total. The first-order chi connectivity index (χ1) is 8.70. The summed E-state index contributed by atoms with van der Waals surface area (Å²) in [5.41, 5.74) is 0.831. The van der Waals surface area contributed by atoms with Crippen LogP contribution in [-0.2, 0) is 5.75 Å². The Labute approximate surface area is 112 Å². The van der Waals surface area contributed by atoms with Gasteiger partial charge in [0.1, 0.15) is 0 Å². The van der Waals surface area contributed by atoms with Crippen molar-refractivity contribution in [1.29, 1.82) is 0 Å². The molecule has 0 saturated heterocycles. The lowest BCUT2D eigenvalue weighted by molar-refractivity contribution is -0.385. The zero-order chi connectivity index (χ0) is 13.0. The van der Waals surface area contributed by atoms with Gasteiger partial charge >= 0.3 is 0 Å². The predicted octanol–water partition coefficient (Wildman–Crippen LogP) is 2.78. The molecule has 8 heteroatoms. The average Bonchev–Trinajstić information content (AvgIpc) is 2.84. The topological polar surface area (TPSA) is 81.0 Å². The van der Waals surface area contributed by atoms with E-state index < -0.39 is 0 Å². The molecule has 18 heavy (non-hydrogen) atoms. The number of nitrogens with zero attached hydrogens (tertiary/aromatic N) is 3. The van der Waals surface area contributed by atoms with E-state index in [0.717, 1.165) is 9.47 Å². The molecule has 94 valence electrons. The van der Waals surface area contributed by atoms with Crippen molar-refractivity contribution in [3.63, 3.8) is 0 Å². The largest absolute Gasteiger partial charge is 0.363 e. The Hall–Kier alpha value is -1.67. The van der Waals surface area contributed by atoms with Gasteiger partial charge in [0.2, 0.25) is 5.13 Å². The number of para-hydroxylation sites is 1. The summed E-state index contributed by atoms with van der Waals surface area (Å²) in [6.07, 6.45) is 0. The van der Waals surface area contributed by atoms with E-state index in [0.29, 0.717) is 11.3 Å². The van der Waals surface area contributed by atoms with Crippen molar-refractivity contribution in [1.82, 2.24) is 10.2 Å². The van der Waals surface area contributed by atoms with Crippen LogP contribution in [0.4, 0.5) is 10.8 Å². The lowest BCUT2D eigenvalue weighted by Crippen LogP contribution is -1.93. The molecule has 2 rings (SSSR count). The highest BCUT2D eigenvalue weighted by Gasteiger charge is 2.13. The number of anilines is 1. The summed E-state index contributed by atoms with van der Waals surface area (Å²) in [4.78, 5) is 10.5.